The zero-order valence-corrected chi connectivity index (χ0v) is 28.0. The average molecular weight is 673 g/mol. The van der Waals surface area contributed by atoms with Crippen LogP contribution in [0.5, 0.6) is 0 Å². The Balaban J connectivity index is 0.00000255. The van der Waals surface area contributed by atoms with Crippen molar-refractivity contribution in [2.75, 3.05) is 24.2 Å². The summed E-state index contributed by atoms with van der Waals surface area (Å²) in [5.41, 5.74) is 8.21. The summed E-state index contributed by atoms with van der Waals surface area (Å²) in [5.74, 6) is -2.09. The van der Waals surface area contributed by atoms with Crippen molar-refractivity contribution < 1.29 is 31.6 Å². The van der Waals surface area contributed by atoms with Crippen LogP contribution in [0.25, 0.3) is 33.4 Å². The second-order valence-corrected chi connectivity index (χ2v) is 12.4. The van der Waals surface area contributed by atoms with E-state index in [9.17, 15) is 27.2 Å². The fourth-order valence-electron chi connectivity index (χ4n) is 5.31. The number of hydrogen-bond acceptors (Lipinski definition) is 6. The lowest BCUT2D eigenvalue weighted by Gasteiger charge is -2.24. The topological polar surface area (TPSA) is 152 Å². The highest BCUT2D eigenvalue weighted by Crippen LogP contribution is 2.41. The van der Waals surface area contributed by atoms with Crippen LogP contribution < -0.4 is 20.7 Å². The van der Waals surface area contributed by atoms with Gasteiger partial charge in [0.15, 0.2) is 0 Å². The highest BCUT2D eigenvalue weighted by atomic mass is 32.2. The number of sulfonamides is 1. The molecule has 1 heterocycles. The lowest BCUT2D eigenvalue weighted by molar-refractivity contribution is -0.120. The van der Waals surface area contributed by atoms with Crippen molar-refractivity contribution in [3.63, 3.8) is 0 Å². The van der Waals surface area contributed by atoms with Gasteiger partial charge in [-0.15, -0.1) is 0 Å². The molecule has 12 heteroatoms. The van der Waals surface area contributed by atoms with Crippen molar-refractivity contribution in [1.82, 2.24) is 10.6 Å². The van der Waals surface area contributed by atoms with Crippen LogP contribution in [0.15, 0.2) is 95.4 Å². The van der Waals surface area contributed by atoms with Crippen LogP contribution in [0.4, 0.5) is 10.1 Å². The normalized spacial score (nSPS) is 11.6. The molecule has 0 spiro atoms. The Bertz CT molecular complexity index is 2060. The Labute approximate surface area is 278 Å². The van der Waals surface area contributed by atoms with E-state index in [0.717, 1.165) is 6.26 Å². The molecule has 3 amide bonds. The van der Waals surface area contributed by atoms with Crippen LogP contribution in [0, 0.1) is 5.82 Å². The maximum absolute atomic E-state index is 13.7. The van der Waals surface area contributed by atoms with Gasteiger partial charge >= 0.3 is 0 Å². The third-order valence-electron chi connectivity index (χ3n) is 7.45. The molecule has 1 atom stereocenters. The second kappa shape index (κ2) is 14.9. The molecule has 0 fully saturated rings. The summed E-state index contributed by atoms with van der Waals surface area (Å²) in [6.07, 6.45) is 1.07. The number of fused-ring (bicyclic) bond motifs is 1. The van der Waals surface area contributed by atoms with E-state index in [1.807, 2.05) is 13.8 Å². The van der Waals surface area contributed by atoms with Crippen molar-refractivity contribution in [1.29, 1.82) is 0 Å². The van der Waals surface area contributed by atoms with Crippen LogP contribution in [-0.4, -0.2) is 46.0 Å². The maximum atomic E-state index is 13.7. The lowest BCUT2D eigenvalue weighted by Crippen LogP contribution is -2.37. The number of anilines is 1. The average Bonchev–Trinajstić information content (AvgIpc) is 3.46. The first-order valence-electron chi connectivity index (χ1n) is 15.2. The molecule has 0 radical (unpaired) electrons. The van der Waals surface area contributed by atoms with E-state index in [4.69, 9.17) is 10.2 Å². The quantitative estimate of drug-likeness (QED) is 0.165. The van der Waals surface area contributed by atoms with Crippen molar-refractivity contribution in [2.24, 2.45) is 5.73 Å². The van der Waals surface area contributed by atoms with Crippen molar-refractivity contribution in [3.8, 4) is 22.5 Å². The highest BCUT2D eigenvalue weighted by molar-refractivity contribution is 7.92. The van der Waals surface area contributed by atoms with Gasteiger partial charge in [-0.25, -0.2) is 12.8 Å². The van der Waals surface area contributed by atoms with E-state index < -0.39 is 39.6 Å². The van der Waals surface area contributed by atoms with Crippen LogP contribution >= 0.6 is 0 Å². The number of nitrogens with one attached hydrogen (secondary N) is 2. The van der Waals surface area contributed by atoms with E-state index in [1.54, 1.807) is 67.6 Å². The minimum Gasteiger partial charge on any atom is -0.455 e. The van der Waals surface area contributed by atoms with Gasteiger partial charge in [0.2, 0.25) is 15.9 Å². The van der Waals surface area contributed by atoms with E-state index in [2.05, 4.69) is 10.6 Å². The Morgan fingerprint density at radius 2 is 1.56 bits per heavy atom. The molecular formula is C36H37FN4O6S. The lowest BCUT2D eigenvalue weighted by atomic mass is 9.97. The molecule has 0 aliphatic heterocycles. The fraction of sp³-hybridized carbons (Fsp3) is 0.194. The number of halogens is 1. The van der Waals surface area contributed by atoms with Crippen molar-refractivity contribution in [2.45, 2.75) is 26.8 Å². The molecule has 0 bridgehead atoms. The first-order valence-corrected chi connectivity index (χ1v) is 17.1. The zero-order chi connectivity index (χ0) is 35.2. The molecule has 0 aliphatic rings. The number of nitrogens with zero attached hydrogens (tertiary/aromatic N) is 1. The van der Waals surface area contributed by atoms with E-state index in [1.165, 1.54) is 41.7 Å². The van der Waals surface area contributed by atoms with E-state index in [0.29, 0.717) is 27.6 Å². The third kappa shape index (κ3) is 7.39. The smallest absolute Gasteiger partial charge is 0.255 e. The van der Waals surface area contributed by atoms with E-state index >= 15 is 0 Å². The summed E-state index contributed by atoms with van der Waals surface area (Å²) in [7, 11) is -2.33. The summed E-state index contributed by atoms with van der Waals surface area (Å²) in [4.78, 5) is 38.9. The molecule has 10 nitrogen and oxygen atoms in total. The molecule has 0 aliphatic carbocycles. The van der Waals surface area contributed by atoms with Crippen LogP contribution in [0.1, 0.15) is 53.1 Å². The predicted molar refractivity (Wildman–Crippen MR) is 185 cm³/mol. The molecule has 4 aromatic carbocycles. The van der Waals surface area contributed by atoms with Gasteiger partial charge in [0.25, 0.3) is 11.8 Å². The summed E-state index contributed by atoms with van der Waals surface area (Å²) < 4.78 is 46.9. The molecule has 0 saturated carbocycles. The largest absolute Gasteiger partial charge is 0.455 e. The summed E-state index contributed by atoms with van der Waals surface area (Å²) >= 11 is 0. The standard InChI is InChI=1S/C34H31FN4O6S.C2H6/c1-4-39(46(3,43)44)27-19-28-26(29(34(42)37-2)31(45-28)21-13-15-24(35)16-14-21)18-25(27)22-11-8-12-23(17-22)33(41)38-30(32(36)40)20-9-6-5-7-10-20;1-2/h5-19,30H,4H2,1-3H3,(H2,36,40)(H,37,42)(H,38,41);1-2H3. The van der Waals surface area contributed by atoms with E-state index in [-0.39, 0.29) is 34.7 Å². The number of primary amides is 1. The number of nitrogens with two attached hydrogens (primary N) is 1. The second-order valence-electron chi connectivity index (χ2n) is 10.5. The minimum absolute atomic E-state index is 0.0721. The Morgan fingerprint density at radius 3 is 2.15 bits per heavy atom. The number of carbonyl (C=O) groups excluding carboxylic acids is 3. The van der Waals surface area contributed by atoms with Gasteiger partial charge in [-0.3, -0.25) is 18.7 Å². The molecule has 1 unspecified atom stereocenters. The summed E-state index contributed by atoms with van der Waals surface area (Å²) in [5, 5.41) is 5.65. The first kappa shape index (κ1) is 35.4. The molecule has 250 valence electrons. The van der Waals surface area contributed by atoms with Gasteiger partial charge in [0.1, 0.15) is 23.2 Å². The Kier molecular flexibility index (Phi) is 11.0. The van der Waals surface area contributed by atoms with Crippen LogP contribution in [0.3, 0.4) is 0 Å². The molecule has 5 aromatic rings. The number of carbonyl (C=O) groups is 3. The number of hydrogen-bond donors (Lipinski definition) is 3. The fourth-order valence-corrected chi connectivity index (χ4v) is 6.29. The van der Waals surface area contributed by atoms with Crippen molar-refractivity contribution in [3.05, 3.63) is 114 Å². The molecular weight excluding hydrogens is 635 g/mol. The summed E-state index contributed by atoms with van der Waals surface area (Å²) in [6, 6.07) is 22.5. The number of amides is 3. The highest BCUT2D eigenvalue weighted by Gasteiger charge is 2.27. The van der Waals surface area contributed by atoms with Crippen molar-refractivity contribution >= 4 is 44.4 Å². The Morgan fingerprint density at radius 1 is 0.896 bits per heavy atom. The zero-order valence-electron chi connectivity index (χ0n) is 27.2. The van der Waals surface area contributed by atoms with Gasteiger partial charge in [-0.1, -0.05) is 56.3 Å². The number of rotatable bonds is 10. The van der Waals surface area contributed by atoms with Crippen LogP contribution in [0.2, 0.25) is 0 Å². The molecule has 4 N–H and O–H groups in total. The first-order chi connectivity index (χ1) is 22.9. The Hall–Kier alpha value is -5.49. The molecule has 1 aromatic heterocycles. The SMILES string of the molecule is CC.CCN(c1cc2oc(-c3ccc(F)cc3)c(C(=O)NC)c2cc1-c1cccc(C(=O)NC(C(N)=O)c2ccccc2)c1)S(C)(=O)=O. The third-order valence-corrected chi connectivity index (χ3v) is 8.71. The monoisotopic (exact) mass is 672 g/mol. The van der Waals surface area contributed by atoms with Gasteiger partial charge < -0.3 is 20.8 Å². The number of furan rings is 1. The molecule has 48 heavy (non-hydrogen) atoms. The van der Waals surface area contributed by atoms with Crippen LogP contribution in [-0.2, 0) is 14.8 Å². The van der Waals surface area contributed by atoms with Gasteiger partial charge in [-0.05, 0) is 60.5 Å². The number of benzene rings is 4. The van der Waals surface area contributed by atoms with Gasteiger partial charge in [0.05, 0.1) is 17.5 Å². The van der Waals surface area contributed by atoms with Gasteiger partial charge in [-0.2, -0.15) is 0 Å². The molecule has 5 rings (SSSR count). The predicted octanol–water partition coefficient (Wildman–Crippen LogP) is 6.03. The minimum atomic E-state index is -3.79. The van der Waals surface area contributed by atoms with Gasteiger partial charge in [0, 0.05) is 41.7 Å². The summed E-state index contributed by atoms with van der Waals surface area (Å²) in [6.45, 7) is 5.75. The maximum Gasteiger partial charge on any atom is 0.255 e. The molecule has 0 saturated heterocycles.